The lowest BCUT2D eigenvalue weighted by Gasteiger charge is -2.12. The number of rotatable bonds is 4. The molecule has 8 aromatic carbocycles. The summed E-state index contributed by atoms with van der Waals surface area (Å²) in [5, 5.41) is 13.2. The summed E-state index contributed by atoms with van der Waals surface area (Å²) in [7, 11) is -0.353. The highest BCUT2D eigenvalue weighted by atomic mass is 31.1. The first-order valence-electron chi connectivity index (χ1n) is 16.2. The van der Waals surface area contributed by atoms with Crippen molar-refractivity contribution in [2.24, 2.45) is 0 Å². The van der Waals surface area contributed by atoms with Gasteiger partial charge < -0.3 is 21.5 Å². The average molecular weight is 675 g/mol. The van der Waals surface area contributed by atoms with Gasteiger partial charge in [0.05, 0.1) is 13.2 Å². The van der Waals surface area contributed by atoms with Gasteiger partial charge in [0, 0.05) is 32.7 Å². The molecule has 2 heterocycles. The third kappa shape index (κ3) is 4.66. The highest BCUT2D eigenvalue weighted by molar-refractivity contribution is 7.15. The van der Waals surface area contributed by atoms with Crippen molar-refractivity contribution in [3.05, 3.63) is 145 Å². The predicted octanol–water partition coefficient (Wildman–Crippen LogP) is 13.3. The van der Waals surface area contributed by atoms with E-state index in [1.54, 1.807) is 0 Å². The van der Waals surface area contributed by atoms with Crippen LogP contribution in [0, 0.1) is 0 Å². The van der Waals surface area contributed by atoms with E-state index in [2.05, 4.69) is 133 Å². The molecular weight excluding hydrogens is 646 g/mol. The summed E-state index contributed by atoms with van der Waals surface area (Å²) in [5.74, 6) is 0. The van der Waals surface area contributed by atoms with Crippen LogP contribution in [0.5, 0.6) is 0 Å². The SMILES string of the molecule is c1ccc2c(c1)ccc1o[pH]oc3c(COCc4cc5ccccc5c5c4o[pH]oc4ccc6ccccc6c45)cc4ccccc4c3c12. The first-order chi connectivity index (χ1) is 24.3. The highest BCUT2D eigenvalue weighted by Crippen LogP contribution is 2.41. The Balaban J connectivity index is 1.16. The average Bonchev–Trinajstić information content (AvgIpc) is 3.48. The maximum atomic E-state index is 6.63. The van der Waals surface area contributed by atoms with E-state index in [-0.39, 0.29) is 17.3 Å². The lowest BCUT2D eigenvalue weighted by molar-refractivity contribution is 0.108. The van der Waals surface area contributed by atoms with Crippen LogP contribution in [0.1, 0.15) is 11.1 Å². The third-order valence-electron chi connectivity index (χ3n) is 9.54. The second-order valence-corrected chi connectivity index (χ2v) is 13.5. The molecule has 0 radical (unpaired) electrons. The van der Waals surface area contributed by atoms with E-state index < -0.39 is 0 Å². The number of hydrogen-bond acceptors (Lipinski definition) is 5. The summed E-state index contributed by atoms with van der Waals surface area (Å²) in [4.78, 5) is 0. The Morgan fingerprint density at radius 3 is 1.22 bits per heavy atom. The van der Waals surface area contributed by atoms with Gasteiger partial charge in [-0.1, -0.05) is 109 Å². The molecule has 10 aromatic rings. The monoisotopic (exact) mass is 674 g/mol. The van der Waals surface area contributed by atoms with Crippen molar-refractivity contribution >= 4 is 104 Å². The molecule has 0 bridgehead atoms. The van der Waals surface area contributed by atoms with Gasteiger partial charge in [0.15, 0.2) is 0 Å². The fourth-order valence-electron chi connectivity index (χ4n) is 7.39. The Labute approximate surface area is 282 Å². The minimum Gasteiger partial charge on any atom is -0.421 e. The first-order valence-corrected chi connectivity index (χ1v) is 17.8. The van der Waals surface area contributed by atoms with Crippen LogP contribution < -0.4 is 0 Å². The largest absolute Gasteiger partial charge is 0.421 e. The molecule has 49 heavy (non-hydrogen) atoms. The third-order valence-corrected chi connectivity index (χ3v) is 10.7. The van der Waals surface area contributed by atoms with Crippen LogP contribution in [-0.2, 0) is 18.0 Å². The first kappa shape index (κ1) is 28.6. The maximum absolute atomic E-state index is 6.63. The van der Waals surface area contributed by atoms with Crippen LogP contribution in [0.3, 0.4) is 0 Å². The fourth-order valence-corrected chi connectivity index (χ4v) is 8.63. The molecule has 0 N–H and O–H groups in total. The Morgan fingerprint density at radius 1 is 0.388 bits per heavy atom. The molecule has 0 aliphatic carbocycles. The molecule has 2 atom stereocenters. The van der Waals surface area contributed by atoms with Gasteiger partial charge >= 0.3 is 0 Å². The highest BCUT2D eigenvalue weighted by Gasteiger charge is 2.17. The molecule has 0 fully saturated rings. The summed E-state index contributed by atoms with van der Waals surface area (Å²) >= 11 is 0. The number of benzene rings is 8. The number of hydrogen-bond donors (Lipinski definition) is 0. The lowest BCUT2D eigenvalue weighted by atomic mass is 9.96. The Bertz CT molecular complexity index is 2800. The number of ether oxygens (including phenoxy) is 1. The van der Waals surface area contributed by atoms with E-state index in [1.165, 1.54) is 0 Å². The van der Waals surface area contributed by atoms with E-state index in [1.807, 2.05) is 0 Å². The van der Waals surface area contributed by atoms with Crippen molar-refractivity contribution in [2.45, 2.75) is 13.2 Å². The topological polar surface area (TPSA) is 61.8 Å². The molecule has 10 rings (SSSR count). The van der Waals surface area contributed by atoms with Gasteiger partial charge in [-0.05, 0) is 67.4 Å². The Hall–Kier alpha value is -5.44. The van der Waals surface area contributed by atoms with Gasteiger partial charge in [0.1, 0.15) is 22.3 Å². The van der Waals surface area contributed by atoms with Crippen molar-refractivity contribution in [3.63, 3.8) is 0 Å². The summed E-state index contributed by atoms with van der Waals surface area (Å²) < 4.78 is 32.0. The molecule has 0 saturated heterocycles. The Morgan fingerprint density at radius 2 is 0.776 bits per heavy atom. The zero-order chi connectivity index (χ0) is 32.3. The van der Waals surface area contributed by atoms with Gasteiger partial charge in [-0.2, -0.15) is 0 Å². The normalized spacial score (nSPS) is 12.2. The molecule has 0 amide bonds. The molecular formula is C42H28O5P2. The van der Waals surface area contributed by atoms with Gasteiger partial charge in [0.2, 0.25) is 17.3 Å². The molecule has 0 saturated carbocycles. The molecule has 0 aliphatic rings. The summed E-state index contributed by atoms with van der Waals surface area (Å²) in [5.41, 5.74) is 5.20. The van der Waals surface area contributed by atoms with Gasteiger partial charge in [0.25, 0.3) is 0 Å². The van der Waals surface area contributed by atoms with Gasteiger partial charge in [-0.15, -0.1) is 0 Å². The Kier molecular flexibility index (Phi) is 6.77. The predicted molar refractivity (Wildman–Crippen MR) is 205 cm³/mol. The maximum Gasteiger partial charge on any atom is 0.201 e. The van der Waals surface area contributed by atoms with Crippen molar-refractivity contribution in [2.75, 3.05) is 0 Å². The molecule has 0 spiro atoms. The lowest BCUT2D eigenvalue weighted by Crippen LogP contribution is -1.97. The zero-order valence-corrected chi connectivity index (χ0v) is 28.2. The molecule has 5 nitrogen and oxygen atoms in total. The summed E-state index contributed by atoms with van der Waals surface area (Å²) in [6.45, 7) is 0.690. The standard InChI is InChI=1S/C42H28O5P2/c1-5-13-31-25(9-1)17-19-35-37(31)39-33-15-7-3-11-27(33)21-29(41(39)46-48-44-35)23-43-24-30-22-28-12-4-8-16-34(28)40-38-32-14-6-2-10-26(32)18-20-36(38)45-49-47-42(30)40/h1-22,48-49H,23-24H2. The van der Waals surface area contributed by atoms with E-state index >= 15 is 0 Å². The van der Waals surface area contributed by atoms with Gasteiger partial charge in [-0.25, -0.2) is 0 Å². The second-order valence-electron chi connectivity index (χ2n) is 12.3. The minimum absolute atomic E-state index is 0.177. The van der Waals surface area contributed by atoms with Crippen LogP contribution in [0.2, 0.25) is 0 Å². The van der Waals surface area contributed by atoms with Crippen molar-refractivity contribution < 1.29 is 21.5 Å². The van der Waals surface area contributed by atoms with Crippen LogP contribution >= 0.6 is 17.3 Å². The zero-order valence-electron chi connectivity index (χ0n) is 26.2. The summed E-state index contributed by atoms with van der Waals surface area (Å²) in [6, 6.07) is 46.5. The van der Waals surface area contributed by atoms with Crippen LogP contribution in [0.4, 0.5) is 0 Å². The quantitative estimate of drug-likeness (QED) is 0.186. The number of fused-ring (bicyclic) bond motifs is 14. The van der Waals surface area contributed by atoms with E-state index in [9.17, 15) is 0 Å². The molecule has 7 heteroatoms. The molecule has 2 unspecified atom stereocenters. The summed E-state index contributed by atoms with van der Waals surface area (Å²) in [6.07, 6.45) is 0. The minimum atomic E-state index is -0.177. The van der Waals surface area contributed by atoms with E-state index in [0.717, 1.165) is 98.1 Å². The van der Waals surface area contributed by atoms with Crippen molar-refractivity contribution in [3.8, 4) is 0 Å². The smallest absolute Gasteiger partial charge is 0.201 e. The molecule has 2 aromatic heterocycles. The van der Waals surface area contributed by atoms with Crippen LogP contribution in [0.25, 0.3) is 87.0 Å². The van der Waals surface area contributed by atoms with Crippen molar-refractivity contribution in [1.29, 1.82) is 0 Å². The second kappa shape index (κ2) is 11.6. The van der Waals surface area contributed by atoms with Crippen LogP contribution in [-0.4, -0.2) is 0 Å². The molecule has 0 aliphatic heterocycles. The van der Waals surface area contributed by atoms with E-state index in [4.69, 9.17) is 21.5 Å². The molecule has 236 valence electrons. The van der Waals surface area contributed by atoms with Gasteiger partial charge in [-0.3, -0.25) is 0 Å². The van der Waals surface area contributed by atoms with Crippen molar-refractivity contribution in [1.82, 2.24) is 0 Å². The van der Waals surface area contributed by atoms with Crippen LogP contribution in [0.15, 0.2) is 150 Å². The van der Waals surface area contributed by atoms with E-state index in [0.29, 0.717) is 13.2 Å². The fraction of sp³-hybridized carbons (Fsp3) is 0.0476.